The van der Waals surface area contributed by atoms with Gasteiger partial charge in [-0.1, -0.05) is 39.7 Å². The van der Waals surface area contributed by atoms with Crippen LogP contribution in [-0.2, 0) is 14.8 Å². The predicted molar refractivity (Wildman–Crippen MR) is 103 cm³/mol. The van der Waals surface area contributed by atoms with Gasteiger partial charge in [0.1, 0.15) is 4.90 Å². The fourth-order valence-corrected chi connectivity index (χ4v) is 6.70. The van der Waals surface area contributed by atoms with Gasteiger partial charge in [-0.05, 0) is 42.9 Å². The molecule has 1 saturated heterocycles. The number of halogens is 2. The zero-order chi connectivity index (χ0) is 18.5. The molecule has 1 amide bonds. The molecule has 3 unspecified atom stereocenters. The van der Waals surface area contributed by atoms with E-state index in [1.54, 1.807) is 12.1 Å². The Morgan fingerprint density at radius 1 is 1.12 bits per heavy atom. The highest BCUT2D eigenvalue weighted by Crippen LogP contribution is 2.44. The van der Waals surface area contributed by atoms with Crippen LogP contribution in [0.4, 0.5) is 0 Å². The number of benzene rings is 1. The first-order chi connectivity index (χ1) is 12.4. The minimum absolute atomic E-state index is 0.0778. The highest BCUT2D eigenvalue weighted by molar-refractivity contribution is 9.10. The summed E-state index contributed by atoms with van der Waals surface area (Å²) in [5.41, 5.74) is 0. The summed E-state index contributed by atoms with van der Waals surface area (Å²) in [5, 5.41) is 0.201. The van der Waals surface area contributed by atoms with E-state index in [4.69, 9.17) is 11.6 Å². The standard InChI is InChI=1S/C18H20BrClN2O3S/c19-14-3-4-17(16(20)11-14)26(24,25)22-7-5-21(6-8-22)18(23)15-10-12-1-2-13(15)9-12/h1-4,11-13,15H,5-10H2. The highest BCUT2D eigenvalue weighted by atomic mass is 79.9. The van der Waals surface area contributed by atoms with Crippen LogP contribution in [0, 0.1) is 17.8 Å². The Morgan fingerprint density at radius 2 is 1.85 bits per heavy atom. The van der Waals surface area contributed by atoms with Gasteiger partial charge in [0.25, 0.3) is 0 Å². The van der Waals surface area contributed by atoms with E-state index in [2.05, 4.69) is 28.1 Å². The SMILES string of the molecule is O=C(C1CC2C=CC1C2)N1CCN(S(=O)(=O)c2ccc(Br)cc2Cl)CC1. The Kier molecular flexibility index (Phi) is 4.92. The van der Waals surface area contributed by atoms with Crippen molar-refractivity contribution in [2.45, 2.75) is 17.7 Å². The van der Waals surface area contributed by atoms with Gasteiger partial charge in [0, 0.05) is 36.6 Å². The van der Waals surface area contributed by atoms with Gasteiger partial charge in [0.2, 0.25) is 15.9 Å². The van der Waals surface area contributed by atoms with E-state index in [0.717, 1.165) is 17.3 Å². The molecular formula is C18H20BrClN2O3S. The van der Waals surface area contributed by atoms with Crippen LogP contribution in [0.5, 0.6) is 0 Å². The number of rotatable bonds is 3. The number of nitrogens with zero attached hydrogens (tertiary/aromatic N) is 2. The Bertz CT molecular complexity index is 865. The summed E-state index contributed by atoms with van der Waals surface area (Å²) in [6.45, 7) is 1.47. The molecule has 1 heterocycles. The third-order valence-electron chi connectivity index (χ3n) is 5.66. The molecule has 0 spiro atoms. The molecule has 5 nitrogen and oxygen atoms in total. The second-order valence-electron chi connectivity index (χ2n) is 7.19. The van der Waals surface area contributed by atoms with Crippen LogP contribution in [0.3, 0.4) is 0 Å². The van der Waals surface area contributed by atoms with E-state index in [1.807, 2.05) is 4.90 Å². The maximum atomic E-state index is 12.9. The van der Waals surface area contributed by atoms with Gasteiger partial charge in [-0.2, -0.15) is 4.31 Å². The summed E-state index contributed by atoms with van der Waals surface area (Å²) in [5.74, 6) is 1.18. The molecule has 3 atom stereocenters. The van der Waals surface area contributed by atoms with Crippen LogP contribution in [0.15, 0.2) is 39.7 Å². The Morgan fingerprint density at radius 3 is 2.42 bits per heavy atom. The van der Waals surface area contributed by atoms with Crippen molar-refractivity contribution in [3.05, 3.63) is 39.8 Å². The van der Waals surface area contributed by atoms with E-state index >= 15 is 0 Å². The molecule has 0 aromatic heterocycles. The van der Waals surface area contributed by atoms with E-state index in [0.29, 0.717) is 38.0 Å². The largest absolute Gasteiger partial charge is 0.340 e. The molecule has 0 N–H and O–H groups in total. The van der Waals surface area contributed by atoms with E-state index in [1.165, 1.54) is 10.4 Å². The number of piperazine rings is 1. The summed E-state index contributed by atoms with van der Waals surface area (Å²) in [6, 6.07) is 4.76. The first kappa shape index (κ1) is 18.5. The van der Waals surface area contributed by atoms with Crippen molar-refractivity contribution in [2.75, 3.05) is 26.2 Å². The monoisotopic (exact) mass is 458 g/mol. The molecule has 2 aliphatic carbocycles. The normalized spacial score (nSPS) is 28.7. The lowest BCUT2D eigenvalue weighted by atomic mass is 9.92. The van der Waals surface area contributed by atoms with Gasteiger partial charge in [0.05, 0.1) is 5.02 Å². The van der Waals surface area contributed by atoms with Crippen molar-refractivity contribution < 1.29 is 13.2 Å². The summed E-state index contributed by atoms with van der Waals surface area (Å²) in [4.78, 5) is 14.7. The van der Waals surface area contributed by atoms with Crippen molar-refractivity contribution >= 4 is 43.5 Å². The first-order valence-electron chi connectivity index (χ1n) is 8.78. The predicted octanol–water partition coefficient (Wildman–Crippen LogP) is 3.15. The highest BCUT2D eigenvalue weighted by Gasteiger charge is 2.42. The maximum Gasteiger partial charge on any atom is 0.244 e. The molecule has 1 aromatic carbocycles. The molecular weight excluding hydrogens is 440 g/mol. The van der Waals surface area contributed by atoms with Gasteiger partial charge < -0.3 is 4.90 Å². The Balaban J connectivity index is 1.43. The molecule has 0 radical (unpaired) electrons. The smallest absolute Gasteiger partial charge is 0.244 e. The lowest BCUT2D eigenvalue weighted by molar-refractivity contribution is -0.137. The van der Waals surface area contributed by atoms with Gasteiger partial charge in [-0.25, -0.2) is 8.42 Å². The second-order valence-corrected chi connectivity index (χ2v) is 10.4. The molecule has 2 bridgehead atoms. The minimum atomic E-state index is -3.65. The second kappa shape index (κ2) is 6.93. The fraction of sp³-hybridized carbons (Fsp3) is 0.500. The number of hydrogen-bond donors (Lipinski definition) is 0. The number of sulfonamides is 1. The van der Waals surface area contributed by atoms with Crippen LogP contribution in [0.1, 0.15) is 12.8 Å². The van der Waals surface area contributed by atoms with Gasteiger partial charge in [-0.15, -0.1) is 0 Å². The molecule has 3 aliphatic rings. The lowest BCUT2D eigenvalue weighted by Gasteiger charge is -2.36. The maximum absolute atomic E-state index is 12.9. The van der Waals surface area contributed by atoms with E-state index in [9.17, 15) is 13.2 Å². The minimum Gasteiger partial charge on any atom is -0.340 e. The number of allylic oxidation sites excluding steroid dienone is 2. The van der Waals surface area contributed by atoms with Crippen molar-refractivity contribution in [3.8, 4) is 0 Å². The van der Waals surface area contributed by atoms with Crippen molar-refractivity contribution in [1.82, 2.24) is 9.21 Å². The van der Waals surface area contributed by atoms with Gasteiger partial charge in [0.15, 0.2) is 0 Å². The average Bonchev–Trinajstić information content (AvgIpc) is 3.24. The number of hydrogen-bond acceptors (Lipinski definition) is 3. The summed E-state index contributed by atoms with van der Waals surface area (Å²) < 4.78 is 27.9. The van der Waals surface area contributed by atoms with Crippen LogP contribution >= 0.6 is 27.5 Å². The molecule has 8 heteroatoms. The average molecular weight is 460 g/mol. The topological polar surface area (TPSA) is 57.7 Å². The van der Waals surface area contributed by atoms with Gasteiger partial charge in [-0.3, -0.25) is 4.79 Å². The van der Waals surface area contributed by atoms with Gasteiger partial charge >= 0.3 is 0 Å². The number of carbonyl (C=O) groups excluding carboxylic acids is 1. The van der Waals surface area contributed by atoms with E-state index in [-0.39, 0.29) is 21.7 Å². The Labute approximate surface area is 167 Å². The molecule has 2 fully saturated rings. The summed E-state index contributed by atoms with van der Waals surface area (Å²) in [6.07, 6.45) is 6.42. The lowest BCUT2D eigenvalue weighted by Crippen LogP contribution is -2.52. The zero-order valence-electron chi connectivity index (χ0n) is 14.1. The number of carbonyl (C=O) groups is 1. The third-order valence-corrected chi connectivity index (χ3v) is 8.53. The van der Waals surface area contributed by atoms with Crippen molar-refractivity contribution in [1.29, 1.82) is 0 Å². The fourth-order valence-electron chi connectivity index (χ4n) is 4.27. The van der Waals surface area contributed by atoms with Crippen molar-refractivity contribution in [3.63, 3.8) is 0 Å². The molecule has 1 saturated carbocycles. The number of fused-ring (bicyclic) bond motifs is 2. The quantitative estimate of drug-likeness (QED) is 0.653. The van der Waals surface area contributed by atoms with Crippen LogP contribution in [-0.4, -0.2) is 49.7 Å². The Hall–Kier alpha value is -0.890. The molecule has 1 aliphatic heterocycles. The zero-order valence-corrected chi connectivity index (χ0v) is 17.3. The van der Waals surface area contributed by atoms with Crippen LogP contribution < -0.4 is 0 Å². The molecule has 26 heavy (non-hydrogen) atoms. The summed E-state index contributed by atoms with van der Waals surface area (Å²) >= 11 is 9.41. The van der Waals surface area contributed by atoms with Crippen LogP contribution in [0.25, 0.3) is 0 Å². The number of amides is 1. The first-order valence-corrected chi connectivity index (χ1v) is 11.4. The van der Waals surface area contributed by atoms with Crippen molar-refractivity contribution in [2.24, 2.45) is 17.8 Å². The molecule has 4 rings (SSSR count). The summed E-state index contributed by atoms with van der Waals surface area (Å²) in [7, 11) is -3.65. The van der Waals surface area contributed by atoms with E-state index < -0.39 is 10.0 Å². The third kappa shape index (κ3) is 3.23. The van der Waals surface area contributed by atoms with Crippen LogP contribution in [0.2, 0.25) is 5.02 Å². The molecule has 140 valence electrons. The molecule has 1 aromatic rings.